The van der Waals surface area contributed by atoms with Gasteiger partial charge in [-0.15, -0.1) is 0 Å². The van der Waals surface area contributed by atoms with E-state index in [1.807, 2.05) is 6.08 Å². The molecule has 1 aliphatic carbocycles. The lowest BCUT2D eigenvalue weighted by molar-refractivity contribution is -0.105. The van der Waals surface area contributed by atoms with Gasteiger partial charge in [0.1, 0.15) is 6.29 Å². The molecule has 0 atom stereocenters. The van der Waals surface area contributed by atoms with E-state index in [1.54, 1.807) is 0 Å². The van der Waals surface area contributed by atoms with Gasteiger partial charge < -0.3 is 0 Å². The van der Waals surface area contributed by atoms with Gasteiger partial charge in [-0.05, 0) is 25.3 Å². The van der Waals surface area contributed by atoms with Crippen molar-refractivity contribution in [1.29, 1.82) is 0 Å². The lowest BCUT2D eigenvalue weighted by atomic mass is 10.0. The van der Waals surface area contributed by atoms with Crippen LogP contribution in [0.2, 0.25) is 0 Å². The number of carbonyl (C=O) groups excluding carboxylic acids is 1. The first-order chi connectivity index (χ1) is 4.33. The van der Waals surface area contributed by atoms with Crippen LogP contribution in [0.5, 0.6) is 0 Å². The minimum atomic E-state index is 0.829. The SMILES string of the molecule is CC1=CCC(C=O)=CC1. The Morgan fingerprint density at radius 1 is 1.44 bits per heavy atom. The largest absolute Gasteiger partial charge is 0.298 e. The molecule has 0 amide bonds. The summed E-state index contributed by atoms with van der Waals surface area (Å²) in [5, 5.41) is 0. The maximum atomic E-state index is 10.2. The predicted molar refractivity (Wildman–Crippen MR) is 37.1 cm³/mol. The van der Waals surface area contributed by atoms with Gasteiger partial charge in [-0.3, -0.25) is 4.79 Å². The fraction of sp³-hybridized carbons (Fsp3) is 0.375. The van der Waals surface area contributed by atoms with E-state index in [0.29, 0.717) is 0 Å². The van der Waals surface area contributed by atoms with Crippen LogP contribution in [0.1, 0.15) is 19.8 Å². The van der Waals surface area contributed by atoms with E-state index in [-0.39, 0.29) is 0 Å². The van der Waals surface area contributed by atoms with Crippen LogP contribution in [-0.4, -0.2) is 6.29 Å². The maximum absolute atomic E-state index is 10.2. The highest BCUT2D eigenvalue weighted by Crippen LogP contribution is 2.14. The molecule has 0 aromatic rings. The molecule has 0 bridgehead atoms. The fourth-order valence-corrected chi connectivity index (χ4v) is 0.847. The standard InChI is InChI=1S/C8H10O/c1-7-2-4-8(6-9)5-3-7/h2,5-6H,3-4H2,1H3. The minimum absolute atomic E-state index is 0.829. The Morgan fingerprint density at radius 3 is 2.67 bits per heavy atom. The Hall–Kier alpha value is -0.850. The zero-order chi connectivity index (χ0) is 6.69. The Labute approximate surface area is 55.1 Å². The Bertz CT molecular complexity index is 175. The zero-order valence-electron chi connectivity index (χ0n) is 5.55. The molecule has 0 heterocycles. The van der Waals surface area contributed by atoms with Crippen molar-refractivity contribution in [3.8, 4) is 0 Å². The van der Waals surface area contributed by atoms with E-state index in [2.05, 4.69) is 13.0 Å². The number of hydrogen-bond acceptors (Lipinski definition) is 1. The van der Waals surface area contributed by atoms with Crippen LogP contribution in [0.3, 0.4) is 0 Å². The van der Waals surface area contributed by atoms with Gasteiger partial charge in [0.2, 0.25) is 0 Å². The van der Waals surface area contributed by atoms with Gasteiger partial charge in [-0.25, -0.2) is 0 Å². The maximum Gasteiger partial charge on any atom is 0.146 e. The number of hydrogen-bond donors (Lipinski definition) is 0. The predicted octanol–water partition coefficient (Wildman–Crippen LogP) is 1.85. The van der Waals surface area contributed by atoms with E-state index in [9.17, 15) is 4.79 Å². The normalized spacial score (nSPS) is 18.3. The lowest BCUT2D eigenvalue weighted by Crippen LogP contribution is -1.89. The third-order valence-electron chi connectivity index (χ3n) is 1.52. The summed E-state index contributed by atoms with van der Waals surface area (Å²) in [5.74, 6) is 0. The first-order valence-corrected chi connectivity index (χ1v) is 3.13. The van der Waals surface area contributed by atoms with Gasteiger partial charge in [0.25, 0.3) is 0 Å². The third-order valence-corrected chi connectivity index (χ3v) is 1.52. The number of carbonyl (C=O) groups is 1. The first kappa shape index (κ1) is 6.27. The van der Waals surface area contributed by atoms with Crippen LogP contribution in [-0.2, 0) is 4.79 Å². The highest BCUT2D eigenvalue weighted by molar-refractivity contribution is 5.74. The smallest absolute Gasteiger partial charge is 0.146 e. The molecule has 1 aliphatic rings. The summed E-state index contributed by atoms with van der Waals surface area (Å²) in [7, 11) is 0. The number of rotatable bonds is 1. The van der Waals surface area contributed by atoms with Gasteiger partial charge in [0.05, 0.1) is 0 Å². The summed E-state index contributed by atoms with van der Waals surface area (Å²) in [6, 6.07) is 0. The molecule has 0 aromatic heterocycles. The molecule has 0 fully saturated rings. The average Bonchev–Trinajstić information content (AvgIpc) is 1.90. The first-order valence-electron chi connectivity index (χ1n) is 3.13. The Morgan fingerprint density at radius 2 is 2.22 bits per heavy atom. The van der Waals surface area contributed by atoms with Gasteiger partial charge in [0.15, 0.2) is 0 Å². The van der Waals surface area contributed by atoms with Crippen molar-refractivity contribution in [2.24, 2.45) is 0 Å². The second-order valence-corrected chi connectivity index (χ2v) is 2.36. The molecule has 1 heteroatoms. The summed E-state index contributed by atoms with van der Waals surface area (Å²) in [6.07, 6.45) is 6.80. The molecule has 0 saturated carbocycles. The van der Waals surface area contributed by atoms with Crippen molar-refractivity contribution in [2.45, 2.75) is 19.8 Å². The monoisotopic (exact) mass is 122 g/mol. The van der Waals surface area contributed by atoms with Crippen LogP contribution >= 0.6 is 0 Å². The summed E-state index contributed by atoms with van der Waals surface area (Å²) in [6.45, 7) is 2.08. The van der Waals surface area contributed by atoms with Gasteiger partial charge in [-0.1, -0.05) is 17.7 Å². The molecule has 0 spiro atoms. The van der Waals surface area contributed by atoms with Crippen molar-refractivity contribution in [1.82, 2.24) is 0 Å². The Kier molecular flexibility index (Phi) is 1.83. The zero-order valence-corrected chi connectivity index (χ0v) is 5.55. The molecule has 0 aliphatic heterocycles. The molecule has 0 aromatic carbocycles. The highest BCUT2D eigenvalue weighted by Gasteiger charge is 1.98. The van der Waals surface area contributed by atoms with Crippen LogP contribution < -0.4 is 0 Å². The van der Waals surface area contributed by atoms with Crippen molar-refractivity contribution in [3.63, 3.8) is 0 Å². The summed E-state index contributed by atoms with van der Waals surface area (Å²) >= 11 is 0. The van der Waals surface area contributed by atoms with Crippen molar-refractivity contribution >= 4 is 6.29 Å². The summed E-state index contributed by atoms with van der Waals surface area (Å²) in [4.78, 5) is 10.2. The van der Waals surface area contributed by atoms with Gasteiger partial charge in [0, 0.05) is 0 Å². The van der Waals surface area contributed by atoms with Crippen LogP contribution in [0.15, 0.2) is 23.3 Å². The molecule has 0 N–H and O–H groups in total. The molecule has 1 rings (SSSR count). The van der Waals surface area contributed by atoms with Crippen molar-refractivity contribution in [3.05, 3.63) is 23.3 Å². The molecule has 1 nitrogen and oxygen atoms in total. The summed E-state index contributed by atoms with van der Waals surface area (Å²) in [5.41, 5.74) is 2.28. The van der Waals surface area contributed by atoms with E-state index in [1.165, 1.54) is 5.57 Å². The molecule has 0 unspecified atom stereocenters. The minimum Gasteiger partial charge on any atom is -0.298 e. The third kappa shape index (κ3) is 1.53. The second-order valence-electron chi connectivity index (χ2n) is 2.36. The highest BCUT2D eigenvalue weighted by atomic mass is 16.1. The molecular weight excluding hydrogens is 112 g/mol. The van der Waals surface area contributed by atoms with Crippen LogP contribution in [0.4, 0.5) is 0 Å². The molecule has 0 saturated heterocycles. The summed E-state index contributed by atoms with van der Waals surface area (Å²) < 4.78 is 0. The second kappa shape index (κ2) is 2.62. The van der Waals surface area contributed by atoms with E-state index >= 15 is 0 Å². The van der Waals surface area contributed by atoms with Crippen LogP contribution in [0.25, 0.3) is 0 Å². The molecule has 0 radical (unpaired) electrons. The van der Waals surface area contributed by atoms with Gasteiger partial charge >= 0.3 is 0 Å². The van der Waals surface area contributed by atoms with E-state index in [0.717, 1.165) is 24.7 Å². The van der Waals surface area contributed by atoms with Crippen molar-refractivity contribution in [2.75, 3.05) is 0 Å². The van der Waals surface area contributed by atoms with E-state index in [4.69, 9.17) is 0 Å². The number of aldehydes is 1. The van der Waals surface area contributed by atoms with Gasteiger partial charge in [-0.2, -0.15) is 0 Å². The number of allylic oxidation sites excluding steroid dienone is 4. The quantitative estimate of drug-likeness (QED) is 0.383. The average molecular weight is 122 g/mol. The fourth-order valence-electron chi connectivity index (χ4n) is 0.847. The lowest BCUT2D eigenvalue weighted by Gasteiger charge is -2.03. The molecule has 9 heavy (non-hydrogen) atoms. The van der Waals surface area contributed by atoms with Crippen molar-refractivity contribution < 1.29 is 4.79 Å². The van der Waals surface area contributed by atoms with Crippen LogP contribution in [0, 0.1) is 0 Å². The Balaban J connectivity index is 2.58. The molecular formula is C8H10O. The molecule has 48 valence electrons. The van der Waals surface area contributed by atoms with E-state index < -0.39 is 0 Å². The topological polar surface area (TPSA) is 17.1 Å².